The Hall–Kier alpha value is -0.960. The van der Waals surface area contributed by atoms with E-state index in [0.717, 1.165) is 24.4 Å². The fraction of sp³-hybridized carbons (Fsp3) is 0.636. The predicted octanol–water partition coefficient (Wildman–Crippen LogP) is 1.67. The van der Waals surface area contributed by atoms with E-state index in [-0.39, 0.29) is 5.41 Å². The smallest absolute Gasteiger partial charge is 0.135 e. The van der Waals surface area contributed by atoms with Crippen LogP contribution in [0, 0.1) is 0 Å². The first-order valence-corrected chi connectivity index (χ1v) is 5.12. The molecule has 14 heavy (non-hydrogen) atoms. The summed E-state index contributed by atoms with van der Waals surface area (Å²) in [6.07, 6.45) is 3.94. The van der Waals surface area contributed by atoms with Crippen LogP contribution in [0.3, 0.4) is 0 Å². The van der Waals surface area contributed by atoms with E-state index >= 15 is 0 Å². The fourth-order valence-electron chi connectivity index (χ4n) is 1.21. The Kier molecular flexibility index (Phi) is 3.58. The van der Waals surface area contributed by atoms with E-state index in [2.05, 4.69) is 30.7 Å². The zero-order valence-electron chi connectivity index (χ0n) is 9.25. The third-order valence-electron chi connectivity index (χ3n) is 2.34. The molecule has 0 radical (unpaired) electrons. The van der Waals surface area contributed by atoms with Crippen LogP contribution in [0.5, 0.6) is 0 Å². The van der Waals surface area contributed by atoms with Gasteiger partial charge in [0.1, 0.15) is 5.82 Å². The summed E-state index contributed by atoms with van der Waals surface area (Å²) < 4.78 is 0. The van der Waals surface area contributed by atoms with Gasteiger partial charge in [0.2, 0.25) is 0 Å². The lowest BCUT2D eigenvalue weighted by Crippen LogP contribution is -2.30. The van der Waals surface area contributed by atoms with Gasteiger partial charge in [-0.05, 0) is 12.5 Å². The van der Waals surface area contributed by atoms with Crippen LogP contribution >= 0.6 is 0 Å². The fourth-order valence-corrected chi connectivity index (χ4v) is 1.21. The molecule has 3 nitrogen and oxygen atoms in total. The third kappa shape index (κ3) is 2.51. The highest BCUT2D eigenvalue weighted by Gasteiger charge is 2.21. The minimum absolute atomic E-state index is 0.121. The van der Waals surface area contributed by atoms with Gasteiger partial charge in [-0.15, -0.1) is 0 Å². The van der Waals surface area contributed by atoms with Crippen molar-refractivity contribution in [3.63, 3.8) is 0 Å². The number of hydrogen-bond donors (Lipinski definition) is 1. The molecule has 3 heteroatoms. The molecule has 0 unspecified atom stereocenters. The van der Waals surface area contributed by atoms with Gasteiger partial charge in [-0.1, -0.05) is 27.2 Å². The maximum atomic E-state index is 5.68. The lowest BCUT2D eigenvalue weighted by molar-refractivity contribution is 0.499. The van der Waals surface area contributed by atoms with Gasteiger partial charge in [0, 0.05) is 23.9 Å². The maximum absolute atomic E-state index is 5.68. The minimum atomic E-state index is -0.121. The first kappa shape index (κ1) is 11.1. The Morgan fingerprint density at radius 1 is 1.43 bits per heavy atom. The molecule has 0 atom stereocenters. The molecule has 1 heterocycles. The summed E-state index contributed by atoms with van der Waals surface area (Å²) in [5.74, 6) is 0.853. The normalized spacial score (nSPS) is 11.7. The summed E-state index contributed by atoms with van der Waals surface area (Å²) in [5, 5.41) is 0. The van der Waals surface area contributed by atoms with Gasteiger partial charge >= 0.3 is 0 Å². The van der Waals surface area contributed by atoms with Crippen LogP contribution in [0.25, 0.3) is 0 Å². The second-order valence-electron chi connectivity index (χ2n) is 4.21. The van der Waals surface area contributed by atoms with Crippen LogP contribution in [0.15, 0.2) is 12.3 Å². The molecule has 0 bridgehead atoms. The lowest BCUT2D eigenvalue weighted by atomic mass is 9.92. The van der Waals surface area contributed by atoms with E-state index in [0.29, 0.717) is 6.54 Å². The Bertz CT molecular complexity index is 294. The lowest BCUT2D eigenvalue weighted by Gasteiger charge is -2.20. The monoisotopic (exact) mass is 193 g/mol. The Balaban J connectivity index is 2.93. The van der Waals surface area contributed by atoms with E-state index in [9.17, 15) is 0 Å². The summed E-state index contributed by atoms with van der Waals surface area (Å²) in [6.45, 7) is 6.86. The SMILES string of the molecule is CCCc1ccnc(C(C)(C)CN)n1. The van der Waals surface area contributed by atoms with E-state index in [1.807, 2.05) is 12.3 Å². The van der Waals surface area contributed by atoms with E-state index in [1.54, 1.807) is 0 Å². The van der Waals surface area contributed by atoms with Gasteiger partial charge in [0.05, 0.1) is 0 Å². The first-order valence-electron chi connectivity index (χ1n) is 5.12. The summed E-state index contributed by atoms with van der Waals surface area (Å²) in [7, 11) is 0. The van der Waals surface area contributed by atoms with Crippen molar-refractivity contribution in [1.29, 1.82) is 0 Å². The molecule has 0 aliphatic rings. The average molecular weight is 193 g/mol. The number of rotatable bonds is 4. The number of aryl methyl sites for hydroxylation is 1. The van der Waals surface area contributed by atoms with Crippen molar-refractivity contribution in [2.75, 3.05) is 6.54 Å². The van der Waals surface area contributed by atoms with Crippen LogP contribution < -0.4 is 5.73 Å². The Labute approximate surface area is 85.8 Å². The summed E-state index contributed by atoms with van der Waals surface area (Å²) in [5.41, 5.74) is 6.67. The highest BCUT2D eigenvalue weighted by atomic mass is 14.9. The molecule has 1 rings (SSSR count). The van der Waals surface area contributed by atoms with Crippen molar-refractivity contribution in [1.82, 2.24) is 9.97 Å². The number of hydrogen-bond acceptors (Lipinski definition) is 3. The second-order valence-corrected chi connectivity index (χ2v) is 4.21. The molecule has 78 valence electrons. The van der Waals surface area contributed by atoms with Gasteiger partial charge < -0.3 is 5.73 Å². The average Bonchev–Trinajstić information content (AvgIpc) is 2.19. The minimum Gasteiger partial charge on any atom is -0.329 e. The van der Waals surface area contributed by atoms with Crippen LogP contribution in [0.1, 0.15) is 38.7 Å². The molecule has 0 saturated heterocycles. The summed E-state index contributed by atoms with van der Waals surface area (Å²) in [4.78, 5) is 8.79. The van der Waals surface area contributed by atoms with Gasteiger partial charge in [-0.25, -0.2) is 9.97 Å². The molecule has 0 saturated carbocycles. The molecule has 0 spiro atoms. The molecule has 0 aromatic carbocycles. The van der Waals surface area contributed by atoms with Gasteiger partial charge in [-0.3, -0.25) is 0 Å². The molecule has 1 aromatic rings. The van der Waals surface area contributed by atoms with Crippen molar-refractivity contribution in [3.05, 3.63) is 23.8 Å². The molecule has 0 aliphatic heterocycles. The van der Waals surface area contributed by atoms with Gasteiger partial charge in [0.15, 0.2) is 0 Å². The van der Waals surface area contributed by atoms with E-state index in [1.165, 1.54) is 0 Å². The van der Waals surface area contributed by atoms with E-state index < -0.39 is 0 Å². The van der Waals surface area contributed by atoms with Crippen molar-refractivity contribution < 1.29 is 0 Å². The van der Waals surface area contributed by atoms with Gasteiger partial charge in [-0.2, -0.15) is 0 Å². The second kappa shape index (κ2) is 4.51. The van der Waals surface area contributed by atoms with Crippen LogP contribution in [0.4, 0.5) is 0 Å². The Morgan fingerprint density at radius 3 is 2.71 bits per heavy atom. The van der Waals surface area contributed by atoms with Crippen molar-refractivity contribution >= 4 is 0 Å². The highest BCUT2D eigenvalue weighted by Crippen LogP contribution is 2.17. The van der Waals surface area contributed by atoms with Crippen LogP contribution in [-0.4, -0.2) is 16.5 Å². The zero-order chi connectivity index (χ0) is 10.6. The molecule has 0 aliphatic carbocycles. The van der Waals surface area contributed by atoms with E-state index in [4.69, 9.17) is 5.73 Å². The topological polar surface area (TPSA) is 51.8 Å². The molecular weight excluding hydrogens is 174 g/mol. The molecule has 0 fully saturated rings. The molecular formula is C11H19N3. The van der Waals surface area contributed by atoms with Crippen molar-refractivity contribution in [2.24, 2.45) is 5.73 Å². The number of nitrogens with two attached hydrogens (primary N) is 1. The standard InChI is InChI=1S/C11H19N3/c1-4-5-9-6-7-13-10(14-9)11(2,3)8-12/h6-7H,4-5,8,12H2,1-3H3. The van der Waals surface area contributed by atoms with Gasteiger partial charge in [0.25, 0.3) is 0 Å². The maximum Gasteiger partial charge on any atom is 0.135 e. The highest BCUT2D eigenvalue weighted by molar-refractivity contribution is 5.10. The number of aromatic nitrogens is 2. The molecule has 0 amide bonds. The van der Waals surface area contributed by atoms with Crippen molar-refractivity contribution in [2.45, 2.75) is 39.0 Å². The largest absolute Gasteiger partial charge is 0.329 e. The van der Waals surface area contributed by atoms with Crippen LogP contribution in [0.2, 0.25) is 0 Å². The zero-order valence-corrected chi connectivity index (χ0v) is 9.25. The predicted molar refractivity (Wildman–Crippen MR) is 58.1 cm³/mol. The number of nitrogens with zero attached hydrogens (tertiary/aromatic N) is 2. The summed E-state index contributed by atoms with van der Waals surface area (Å²) in [6, 6.07) is 1.97. The quantitative estimate of drug-likeness (QED) is 0.791. The molecule has 1 aromatic heterocycles. The third-order valence-corrected chi connectivity index (χ3v) is 2.34. The Morgan fingerprint density at radius 2 is 2.14 bits per heavy atom. The molecule has 2 N–H and O–H groups in total. The summed E-state index contributed by atoms with van der Waals surface area (Å²) >= 11 is 0. The first-order chi connectivity index (χ1) is 6.60. The van der Waals surface area contributed by atoms with Crippen molar-refractivity contribution in [3.8, 4) is 0 Å². The van der Waals surface area contributed by atoms with Crippen LogP contribution in [-0.2, 0) is 11.8 Å².